The first-order chi connectivity index (χ1) is 18.2. The zero-order chi connectivity index (χ0) is 27.7. The van der Waals surface area contributed by atoms with Gasteiger partial charge >= 0.3 is 51.4 Å². The van der Waals surface area contributed by atoms with Gasteiger partial charge in [0.05, 0.1) is 31.8 Å². The Morgan fingerprint density at radius 1 is 1.15 bits per heavy atom. The maximum atomic E-state index is 13.6. The molecule has 1 heterocycles. The molecule has 0 aliphatic carbocycles. The number of ether oxygens (including phenoxy) is 2. The van der Waals surface area contributed by atoms with Gasteiger partial charge in [0.15, 0.2) is 21.7 Å². The first kappa shape index (κ1) is 33.4. The number of rotatable bonds is 13. The van der Waals surface area contributed by atoms with Crippen molar-refractivity contribution in [3.05, 3.63) is 69.4 Å². The molecule has 0 saturated carbocycles. The summed E-state index contributed by atoms with van der Waals surface area (Å²) in [4.78, 5) is 27.6. The zero-order valence-electron chi connectivity index (χ0n) is 22.3. The third-order valence-corrected chi connectivity index (χ3v) is 7.59. The molecule has 0 bridgehead atoms. The number of nitrogens with one attached hydrogen (secondary N) is 2. The molecule has 39 heavy (non-hydrogen) atoms. The summed E-state index contributed by atoms with van der Waals surface area (Å²) in [6, 6.07) is 12.8. The number of aryl methyl sites for hydroxylation is 1. The monoisotopic (exact) mass is 602 g/mol. The van der Waals surface area contributed by atoms with Crippen LogP contribution in [0.4, 0.5) is 0 Å². The number of phenols is 1. The number of benzene rings is 2. The second-order valence-electron chi connectivity index (χ2n) is 8.24. The molecular formula is C25H31KN4O7S2. The van der Waals surface area contributed by atoms with Gasteiger partial charge in [-0.25, -0.2) is 13.1 Å². The number of methoxy groups -OCH3 is 2. The first-order valence-electron chi connectivity index (χ1n) is 11.8. The minimum atomic E-state index is -4.09. The van der Waals surface area contributed by atoms with Crippen molar-refractivity contribution >= 4 is 33.8 Å². The minimum Gasteiger partial charge on any atom is -0.527 e. The summed E-state index contributed by atoms with van der Waals surface area (Å²) >= 11 is 1.25. The van der Waals surface area contributed by atoms with Crippen molar-refractivity contribution in [3.63, 3.8) is 0 Å². The number of carbonyl (C=O) groups excluding carboxylic acids is 2. The Bertz CT molecular complexity index is 1250. The van der Waals surface area contributed by atoms with E-state index < -0.39 is 21.5 Å². The van der Waals surface area contributed by atoms with Gasteiger partial charge in [-0.2, -0.15) is 0 Å². The predicted octanol–water partition coefficient (Wildman–Crippen LogP) is -0.253. The summed E-state index contributed by atoms with van der Waals surface area (Å²) in [6.07, 6.45) is 1.43. The number of thioether (sulfide) groups is 1. The number of hydrogen-bond acceptors (Lipinski definition) is 9. The second kappa shape index (κ2) is 15.9. The van der Waals surface area contributed by atoms with E-state index in [0.29, 0.717) is 13.0 Å². The van der Waals surface area contributed by atoms with Gasteiger partial charge in [0.2, 0.25) is 5.75 Å². The quantitative estimate of drug-likeness (QED) is 0.264. The Kier molecular flexibility index (Phi) is 13.6. The third kappa shape index (κ3) is 9.67. The van der Waals surface area contributed by atoms with Gasteiger partial charge in [-0.15, -0.1) is 11.8 Å². The maximum Gasteiger partial charge on any atom is 1.00 e. The molecule has 2 aromatic carbocycles. The van der Waals surface area contributed by atoms with Gasteiger partial charge in [0, 0.05) is 18.7 Å². The molecule has 1 aliphatic heterocycles. The molecular weight excluding hydrogens is 572 g/mol. The van der Waals surface area contributed by atoms with E-state index in [2.05, 4.69) is 14.8 Å². The van der Waals surface area contributed by atoms with Crippen molar-refractivity contribution < 1.29 is 84.0 Å². The molecule has 0 saturated heterocycles. The van der Waals surface area contributed by atoms with Crippen molar-refractivity contribution in [2.24, 2.45) is 0 Å². The van der Waals surface area contributed by atoms with Crippen LogP contribution in [0.3, 0.4) is 0 Å². The Labute approximate surface area is 275 Å². The van der Waals surface area contributed by atoms with Crippen LogP contribution in [0, 0.1) is 0 Å². The summed E-state index contributed by atoms with van der Waals surface area (Å²) < 4.78 is 39.4. The molecule has 206 valence electrons. The van der Waals surface area contributed by atoms with Crippen molar-refractivity contribution in [3.8, 4) is 17.2 Å². The average Bonchev–Trinajstić information content (AvgIpc) is 3.37. The van der Waals surface area contributed by atoms with Gasteiger partial charge in [0.1, 0.15) is 5.91 Å². The molecule has 2 amide bonds. The molecule has 3 N–H and O–H groups in total. The second-order valence-corrected chi connectivity index (χ2v) is 10.7. The number of aromatic hydroxyl groups is 1. The Hall–Kier alpha value is -1.78. The van der Waals surface area contributed by atoms with E-state index in [-0.39, 0.29) is 98.9 Å². The van der Waals surface area contributed by atoms with Gasteiger partial charge in [-0.3, -0.25) is 4.79 Å². The standard InChI is InChI=1S/C25H32N4O7S2.K/c1-4-26-38(33,34)28-24(31)19-16-37-22(27-19)15-29(12-8-11-17-9-6-5-7-10-17)25(32)18-13-20(35-2)23(30)21(14-18)36-3;/h5-7,9-10,13-14,16,22,26-27H,4,8,11-12,15H2,1-3H3,(H2,28,30,31,32);/q;+1/p-1. The molecule has 1 unspecified atom stereocenters. The molecule has 0 aromatic heterocycles. The van der Waals surface area contributed by atoms with Crippen LogP contribution >= 0.6 is 11.8 Å². The SMILES string of the molecule is CCNS(=O)(=O)[N-]C(=O)C1=CSC(CN(CCCc2ccccc2)C(=O)c2cc(OC)c(O)c(OC)c2)N1.[K+]. The van der Waals surface area contributed by atoms with Crippen LogP contribution in [0.15, 0.2) is 53.6 Å². The van der Waals surface area contributed by atoms with Crippen molar-refractivity contribution in [1.29, 1.82) is 0 Å². The third-order valence-electron chi connectivity index (χ3n) is 5.56. The van der Waals surface area contributed by atoms with Crippen LogP contribution < -0.4 is 70.9 Å². The van der Waals surface area contributed by atoms with E-state index in [1.807, 2.05) is 30.3 Å². The molecule has 2 aromatic rings. The first-order valence-corrected chi connectivity index (χ1v) is 14.2. The number of amides is 2. The molecule has 14 heteroatoms. The van der Waals surface area contributed by atoms with Gasteiger partial charge in [0.25, 0.3) is 5.91 Å². The number of carbonyl (C=O) groups is 2. The summed E-state index contributed by atoms with van der Waals surface area (Å²) in [5.74, 6) is -1.25. The molecule has 0 spiro atoms. The molecule has 0 radical (unpaired) electrons. The number of nitrogens with zero attached hydrogens (tertiary/aromatic N) is 2. The predicted molar refractivity (Wildman–Crippen MR) is 145 cm³/mol. The van der Waals surface area contributed by atoms with Crippen LogP contribution in [0.25, 0.3) is 4.72 Å². The number of phenolic OH excluding ortho intramolecular Hbond substituents is 1. The van der Waals surface area contributed by atoms with E-state index in [9.17, 15) is 23.1 Å². The Balaban J connectivity index is 0.00000533. The van der Waals surface area contributed by atoms with Crippen LogP contribution in [0.5, 0.6) is 17.2 Å². The van der Waals surface area contributed by atoms with Gasteiger partial charge in [-0.05, 0) is 35.9 Å². The summed E-state index contributed by atoms with van der Waals surface area (Å²) in [7, 11) is -1.33. The van der Waals surface area contributed by atoms with Crippen molar-refractivity contribution in [1.82, 2.24) is 14.9 Å². The van der Waals surface area contributed by atoms with E-state index in [0.717, 1.165) is 12.0 Å². The maximum absolute atomic E-state index is 13.6. The molecule has 1 atom stereocenters. The van der Waals surface area contributed by atoms with Crippen molar-refractivity contribution in [2.75, 3.05) is 33.9 Å². The normalized spacial score (nSPS) is 14.4. The Morgan fingerprint density at radius 2 is 1.79 bits per heavy atom. The molecule has 3 rings (SSSR count). The molecule has 0 fully saturated rings. The van der Waals surface area contributed by atoms with E-state index in [4.69, 9.17) is 9.47 Å². The fourth-order valence-electron chi connectivity index (χ4n) is 3.76. The zero-order valence-corrected chi connectivity index (χ0v) is 27.1. The fourth-order valence-corrected chi connectivity index (χ4v) is 5.44. The van der Waals surface area contributed by atoms with Gasteiger partial charge < -0.3 is 34.3 Å². The van der Waals surface area contributed by atoms with Crippen molar-refractivity contribution in [2.45, 2.75) is 25.1 Å². The van der Waals surface area contributed by atoms with Crippen LogP contribution in [-0.4, -0.2) is 69.5 Å². The smallest absolute Gasteiger partial charge is 0.527 e. The summed E-state index contributed by atoms with van der Waals surface area (Å²) in [6.45, 7) is 2.30. The van der Waals surface area contributed by atoms with E-state index in [1.54, 1.807) is 11.8 Å². The van der Waals surface area contributed by atoms with Crippen LogP contribution in [-0.2, 0) is 21.4 Å². The van der Waals surface area contributed by atoms with Crippen LogP contribution in [0.1, 0.15) is 29.3 Å². The summed E-state index contributed by atoms with van der Waals surface area (Å²) in [5, 5.41) is 14.3. The van der Waals surface area contributed by atoms with E-state index in [1.165, 1.54) is 43.5 Å². The topological polar surface area (TPSA) is 148 Å². The average molecular weight is 603 g/mol. The van der Waals surface area contributed by atoms with E-state index >= 15 is 0 Å². The van der Waals surface area contributed by atoms with Gasteiger partial charge in [-0.1, -0.05) is 37.3 Å². The van der Waals surface area contributed by atoms with Crippen LogP contribution in [0.2, 0.25) is 0 Å². The Morgan fingerprint density at radius 3 is 2.38 bits per heavy atom. The molecule has 11 nitrogen and oxygen atoms in total. The summed E-state index contributed by atoms with van der Waals surface area (Å²) in [5.41, 5.74) is 1.43. The number of hydrogen-bond donors (Lipinski definition) is 3. The minimum absolute atomic E-state index is 0. The molecule has 1 aliphatic rings. The largest absolute Gasteiger partial charge is 1.00 e. The fraction of sp³-hybridized carbons (Fsp3) is 0.360.